The zero-order valence-corrected chi connectivity index (χ0v) is 11.9. The van der Waals surface area contributed by atoms with Crippen LogP contribution in [-0.2, 0) is 6.42 Å². The van der Waals surface area contributed by atoms with Gasteiger partial charge >= 0.3 is 0 Å². The second kappa shape index (κ2) is 7.10. The summed E-state index contributed by atoms with van der Waals surface area (Å²) in [6.07, 6.45) is 2.35. The SMILES string of the molecule is CN(C)C[C@H](CCc1ccccc1)c1ccccc1. The first-order valence-corrected chi connectivity index (χ1v) is 6.99. The summed E-state index contributed by atoms with van der Waals surface area (Å²) >= 11 is 0. The summed E-state index contributed by atoms with van der Waals surface area (Å²) in [5.41, 5.74) is 2.88. The highest BCUT2D eigenvalue weighted by Crippen LogP contribution is 2.22. The fourth-order valence-electron chi connectivity index (χ4n) is 2.51. The highest BCUT2D eigenvalue weighted by atomic mass is 15.1. The van der Waals surface area contributed by atoms with Crippen LogP contribution in [0.4, 0.5) is 0 Å². The van der Waals surface area contributed by atoms with E-state index in [-0.39, 0.29) is 0 Å². The van der Waals surface area contributed by atoms with Crippen molar-refractivity contribution in [2.75, 3.05) is 20.6 Å². The Morgan fingerprint density at radius 3 is 2.00 bits per heavy atom. The van der Waals surface area contributed by atoms with E-state index in [0.29, 0.717) is 5.92 Å². The number of rotatable bonds is 6. The third-order valence-electron chi connectivity index (χ3n) is 3.48. The average Bonchev–Trinajstić information content (AvgIpc) is 2.45. The van der Waals surface area contributed by atoms with Crippen molar-refractivity contribution < 1.29 is 0 Å². The van der Waals surface area contributed by atoms with E-state index in [1.54, 1.807) is 0 Å². The predicted octanol–water partition coefficient (Wildman–Crippen LogP) is 3.96. The van der Waals surface area contributed by atoms with E-state index < -0.39 is 0 Å². The van der Waals surface area contributed by atoms with Gasteiger partial charge in [-0.1, -0.05) is 60.7 Å². The Kier molecular flexibility index (Phi) is 5.17. The standard InChI is InChI=1S/C18H23N/c1-19(2)15-18(17-11-7-4-8-12-17)14-13-16-9-5-3-6-10-16/h3-12,18H,13-15H2,1-2H3/t18-/m0/s1. The largest absolute Gasteiger partial charge is 0.309 e. The monoisotopic (exact) mass is 253 g/mol. The van der Waals surface area contributed by atoms with Gasteiger partial charge < -0.3 is 4.90 Å². The van der Waals surface area contributed by atoms with Crippen molar-refractivity contribution in [1.82, 2.24) is 4.90 Å². The van der Waals surface area contributed by atoms with Crippen molar-refractivity contribution in [3.63, 3.8) is 0 Å². The molecule has 0 heterocycles. The Hall–Kier alpha value is -1.60. The second-order valence-electron chi connectivity index (χ2n) is 5.39. The van der Waals surface area contributed by atoms with Crippen LogP contribution in [0, 0.1) is 0 Å². The van der Waals surface area contributed by atoms with Gasteiger partial charge in [0.2, 0.25) is 0 Å². The van der Waals surface area contributed by atoms with Crippen LogP contribution in [0.2, 0.25) is 0 Å². The van der Waals surface area contributed by atoms with Gasteiger partial charge in [-0.3, -0.25) is 0 Å². The average molecular weight is 253 g/mol. The molecule has 0 saturated heterocycles. The summed E-state index contributed by atoms with van der Waals surface area (Å²) in [6.45, 7) is 1.11. The van der Waals surface area contributed by atoms with Crippen LogP contribution in [0.5, 0.6) is 0 Å². The molecular weight excluding hydrogens is 230 g/mol. The lowest BCUT2D eigenvalue weighted by molar-refractivity contribution is 0.363. The van der Waals surface area contributed by atoms with Gasteiger partial charge in [0.15, 0.2) is 0 Å². The Balaban J connectivity index is 2.02. The number of aryl methyl sites for hydroxylation is 1. The molecule has 0 aliphatic carbocycles. The maximum atomic E-state index is 2.28. The molecule has 0 aliphatic heterocycles. The van der Waals surface area contributed by atoms with E-state index in [1.165, 1.54) is 17.5 Å². The fourth-order valence-corrected chi connectivity index (χ4v) is 2.51. The zero-order chi connectivity index (χ0) is 13.5. The van der Waals surface area contributed by atoms with Crippen molar-refractivity contribution in [3.8, 4) is 0 Å². The van der Waals surface area contributed by atoms with Crippen LogP contribution in [-0.4, -0.2) is 25.5 Å². The highest BCUT2D eigenvalue weighted by Gasteiger charge is 2.12. The van der Waals surface area contributed by atoms with Crippen molar-refractivity contribution >= 4 is 0 Å². The molecule has 0 N–H and O–H groups in total. The Bertz CT molecular complexity index is 462. The molecule has 0 fully saturated rings. The summed E-state index contributed by atoms with van der Waals surface area (Å²) in [4.78, 5) is 2.28. The highest BCUT2D eigenvalue weighted by molar-refractivity contribution is 5.21. The summed E-state index contributed by atoms with van der Waals surface area (Å²) in [6, 6.07) is 21.6. The van der Waals surface area contributed by atoms with Gasteiger partial charge in [-0.2, -0.15) is 0 Å². The Morgan fingerprint density at radius 1 is 0.842 bits per heavy atom. The number of likely N-dealkylation sites (N-methyl/N-ethyl adjacent to an activating group) is 1. The van der Waals surface area contributed by atoms with Crippen molar-refractivity contribution in [3.05, 3.63) is 71.8 Å². The molecule has 0 radical (unpaired) electrons. The fraction of sp³-hybridized carbons (Fsp3) is 0.333. The molecule has 0 aromatic heterocycles. The van der Waals surface area contributed by atoms with Gasteiger partial charge in [0.1, 0.15) is 0 Å². The Labute approximate surface area is 116 Å². The summed E-state index contributed by atoms with van der Waals surface area (Å²) in [5, 5.41) is 0. The molecule has 2 aromatic carbocycles. The van der Waals surface area contributed by atoms with E-state index in [4.69, 9.17) is 0 Å². The van der Waals surface area contributed by atoms with Crippen LogP contribution in [0.1, 0.15) is 23.5 Å². The molecule has 0 amide bonds. The van der Waals surface area contributed by atoms with Gasteiger partial charge in [0.05, 0.1) is 0 Å². The molecular formula is C18H23N. The maximum Gasteiger partial charge on any atom is 0.00443 e. The van der Waals surface area contributed by atoms with Gasteiger partial charge in [0, 0.05) is 6.54 Å². The number of nitrogens with zero attached hydrogens (tertiary/aromatic N) is 1. The lowest BCUT2D eigenvalue weighted by atomic mass is 9.92. The summed E-state index contributed by atoms with van der Waals surface area (Å²) < 4.78 is 0. The minimum absolute atomic E-state index is 0.608. The van der Waals surface area contributed by atoms with Crippen LogP contribution in [0.25, 0.3) is 0 Å². The summed E-state index contributed by atoms with van der Waals surface area (Å²) in [7, 11) is 4.30. The van der Waals surface area contributed by atoms with E-state index in [2.05, 4.69) is 79.7 Å². The van der Waals surface area contributed by atoms with Crippen molar-refractivity contribution in [2.24, 2.45) is 0 Å². The molecule has 19 heavy (non-hydrogen) atoms. The second-order valence-corrected chi connectivity index (χ2v) is 5.39. The topological polar surface area (TPSA) is 3.24 Å². The normalized spacial score (nSPS) is 12.6. The van der Waals surface area contributed by atoms with Gasteiger partial charge in [-0.05, 0) is 44.0 Å². The van der Waals surface area contributed by atoms with E-state index >= 15 is 0 Å². The van der Waals surface area contributed by atoms with Crippen LogP contribution < -0.4 is 0 Å². The van der Waals surface area contributed by atoms with Crippen molar-refractivity contribution in [1.29, 1.82) is 0 Å². The third-order valence-corrected chi connectivity index (χ3v) is 3.48. The molecule has 0 bridgehead atoms. The third kappa shape index (κ3) is 4.53. The Morgan fingerprint density at radius 2 is 1.42 bits per heavy atom. The lowest BCUT2D eigenvalue weighted by Gasteiger charge is -2.21. The zero-order valence-electron chi connectivity index (χ0n) is 11.9. The minimum atomic E-state index is 0.608. The van der Waals surface area contributed by atoms with E-state index in [9.17, 15) is 0 Å². The molecule has 2 rings (SSSR count). The first-order chi connectivity index (χ1) is 9.25. The van der Waals surface area contributed by atoms with E-state index in [0.717, 1.165) is 13.0 Å². The molecule has 0 saturated carbocycles. The molecule has 1 nitrogen and oxygen atoms in total. The van der Waals surface area contributed by atoms with Gasteiger partial charge in [-0.25, -0.2) is 0 Å². The van der Waals surface area contributed by atoms with Gasteiger partial charge in [-0.15, -0.1) is 0 Å². The molecule has 1 heteroatoms. The molecule has 100 valence electrons. The quantitative estimate of drug-likeness (QED) is 0.753. The van der Waals surface area contributed by atoms with Gasteiger partial charge in [0.25, 0.3) is 0 Å². The predicted molar refractivity (Wildman–Crippen MR) is 82.5 cm³/mol. The first kappa shape index (κ1) is 13.8. The first-order valence-electron chi connectivity index (χ1n) is 6.99. The minimum Gasteiger partial charge on any atom is -0.309 e. The smallest absolute Gasteiger partial charge is 0.00443 e. The lowest BCUT2D eigenvalue weighted by Crippen LogP contribution is -2.20. The molecule has 0 unspecified atom stereocenters. The van der Waals surface area contributed by atoms with Crippen LogP contribution in [0.15, 0.2) is 60.7 Å². The number of benzene rings is 2. The summed E-state index contributed by atoms with van der Waals surface area (Å²) in [5.74, 6) is 0.608. The van der Waals surface area contributed by atoms with E-state index in [1.807, 2.05) is 0 Å². The number of hydrogen-bond acceptors (Lipinski definition) is 1. The molecule has 2 aromatic rings. The molecule has 0 aliphatic rings. The van der Waals surface area contributed by atoms with Crippen molar-refractivity contribution in [2.45, 2.75) is 18.8 Å². The van der Waals surface area contributed by atoms with Crippen LogP contribution in [0.3, 0.4) is 0 Å². The van der Waals surface area contributed by atoms with Crippen LogP contribution >= 0.6 is 0 Å². The molecule has 0 spiro atoms. The maximum absolute atomic E-state index is 2.28. The number of hydrogen-bond donors (Lipinski definition) is 0. The molecule has 1 atom stereocenters.